The minimum Gasteiger partial charge on any atom is -0.462 e. The second-order valence-corrected chi connectivity index (χ2v) is 5.77. The second kappa shape index (κ2) is 9.07. The molecule has 0 spiro atoms. The standard InChI is InChI=1S/C15H23N7O5/c1-4-22(20-25)11(9(2)3)14(24)27-6-5-26-8-21-7-17-10-12(21)18-15(16)19-13(10)23/h7,9,11H,4-6,8H2,1-3H3,(H3,16,18,19,23)/t11-/m0/s1/i1D3,4D2. The highest BCUT2D eigenvalue weighted by atomic mass is 16.6. The van der Waals surface area contributed by atoms with Gasteiger partial charge in [0.15, 0.2) is 11.2 Å². The molecule has 0 aliphatic heterocycles. The number of carbonyl (C=O) groups is 1. The molecule has 0 amide bonds. The van der Waals surface area contributed by atoms with Gasteiger partial charge in [-0.15, -0.1) is 4.91 Å². The molecule has 3 N–H and O–H groups in total. The molecule has 0 fully saturated rings. The number of carbonyl (C=O) groups excluding carboxylic acids is 1. The van der Waals surface area contributed by atoms with Crippen molar-refractivity contribution in [3.8, 4) is 0 Å². The number of ether oxygens (including phenoxy) is 2. The molecule has 148 valence electrons. The van der Waals surface area contributed by atoms with E-state index < -0.39 is 36.8 Å². The van der Waals surface area contributed by atoms with Crippen molar-refractivity contribution < 1.29 is 21.1 Å². The Labute approximate surface area is 161 Å². The first kappa shape index (κ1) is 14.1. The lowest BCUT2D eigenvalue weighted by Gasteiger charge is -2.26. The predicted octanol–water partition coefficient (Wildman–Crippen LogP) is 0.247. The molecule has 0 bridgehead atoms. The van der Waals surface area contributed by atoms with Gasteiger partial charge in [0.2, 0.25) is 5.95 Å². The molecule has 0 saturated heterocycles. The van der Waals surface area contributed by atoms with Crippen LogP contribution in [0, 0.1) is 10.8 Å². The van der Waals surface area contributed by atoms with Gasteiger partial charge in [0.1, 0.15) is 19.4 Å². The fraction of sp³-hybridized carbons (Fsp3) is 0.600. The Morgan fingerprint density at radius 2 is 2.33 bits per heavy atom. The summed E-state index contributed by atoms with van der Waals surface area (Å²) < 4.78 is 49.1. The number of esters is 1. The van der Waals surface area contributed by atoms with Crippen LogP contribution >= 0.6 is 0 Å². The number of hydrogen-bond acceptors (Lipinski definition) is 9. The van der Waals surface area contributed by atoms with E-state index in [-0.39, 0.29) is 42.1 Å². The zero-order valence-electron chi connectivity index (χ0n) is 19.7. The van der Waals surface area contributed by atoms with Gasteiger partial charge in [-0.3, -0.25) is 14.3 Å². The normalized spacial score (nSPS) is 16.0. The molecular formula is C15H23N7O5. The smallest absolute Gasteiger partial charge is 0.330 e. The number of anilines is 1. The number of hydrogen-bond donors (Lipinski definition) is 2. The van der Waals surface area contributed by atoms with Gasteiger partial charge >= 0.3 is 5.97 Å². The number of imidazole rings is 1. The Balaban J connectivity index is 1.97. The highest BCUT2D eigenvalue weighted by Crippen LogP contribution is 2.13. The third-order valence-corrected chi connectivity index (χ3v) is 3.53. The SMILES string of the molecule is [2H]C([2H])([2H])C([2H])([2H])N(N=O)[C@H](C(=O)OCCOCn1cnc2c(=O)[nH]c(N)nc21)C(C)C. The number of nitrogens with zero attached hydrogens (tertiary/aromatic N) is 5. The zero-order chi connectivity index (χ0) is 24.3. The summed E-state index contributed by atoms with van der Waals surface area (Å²) in [4.78, 5) is 45.6. The largest absolute Gasteiger partial charge is 0.462 e. The topological polar surface area (TPSA) is 158 Å². The van der Waals surface area contributed by atoms with Crippen LogP contribution in [0.2, 0.25) is 0 Å². The highest BCUT2D eigenvalue weighted by Gasteiger charge is 2.30. The maximum Gasteiger partial charge on any atom is 0.330 e. The average Bonchev–Trinajstić information content (AvgIpc) is 3.07. The second-order valence-electron chi connectivity index (χ2n) is 5.77. The summed E-state index contributed by atoms with van der Waals surface area (Å²) in [6.07, 6.45) is 1.32. The van der Waals surface area contributed by atoms with E-state index in [1.165, 1.54) is 24.7 Å². The van der Waals surface area contributed by atoms with Crippen LogP contribution in [0.3, 0.4) is 0 Å². The minimum absolute atomic E-state index is 0.0685. The number of nitrogen functional groups attached to an aromatic ring is 1. The van der Waals surface area contributed by atoms with Gasteiger partial charge in [-0.05, 0) is 12.8 Å². The van der Waals surface area contributed by atoms with Crippen LogP contribution in [-0.4, -0.2) is 56.2 Å². The number of fused-ring (bicyclic) bond motifs is 1. The lowest BCUT2D eigenvalue weighted by Crippen LogP contribution is -2.42. The maximum absolute atomic E-state index is 12.5. The highest BCUT2D eigenvalue weighted by molar-refractivity contribution is 5.76. The molecular weight excluding hydrogens is 358 g/mol. The molecule has 27 heavy (non-hydrogen) atoms. The molecule has 2 aromatic heterocycles. The molecule has 2 heterocycles. The van der Waals surface area contributed by atoms with Crippen molar-refractivity contribution in [2.75, 3.05) is 25.4 Å². The summed E-state index contributed by atoms with van der Waals surface area (Å²) in [5.74, 6) is -1.82. The quantitative estimate of drug-likeness (QED) is 0.252. The number of rotatable bonds is 10. The van der Waals surface area contributed by atoms with Crippen LogP contribution in [0.25, 0.3) is 11.2 Å². The fourth-order valence-corrected chi connectivity index (χ4v) is 2.31. The first-order chi connectivity index (χ1) is 14.8. The molecule has 0 unspecified atom stereocenters. The average molecular weight is 386 g/mol. The first-order valence-corrected chi connectivity index (χ1v) is 7.89. The van der Waals surface area contributed by atoms with Crippen molar-refractivity contribution in [1.29, 1.82) is 0 Å². The van der Waals surface area contributed by atoms with E-state index in [4.69, 9.17) is 22.1 Å². The number of H-pyrrole nitrogens is 1. The van der Waals surface area contributed by atoms with Crippen LogP contribution in [-0.2, 0) is 21.0 Å². The van der Waals surface area contributed by atoms with Crippen molar-refractivity contribution in [3.63, 3.8) is 0 Å². The molecule has 0 aromatic carbocycles. The van der Waals surface area contributed by atoms with Gasteiger partial charge in [0.25, 0.3) is 5.56 Å². The number of aromatic nitrogens is 4. The maximum atomic E-state index is 12.5. The third-order valence-electron chi connectivity index (χ3n) is 3.53. The van der Waals surface area contributed by atoms with Crippen LogP contribution in [0.15, 0.2) is 16.4 Å². The van der Waals surface area contributed by atoms with E-state index in [2.05, 4.69) is 20.2 Å². The van der Waals surface area contributed by atoms with Gasteiger partial charge in [-0.25, -0.2) is 14.8 Å². The molecule has 0 saturated carbocycles. The molecule has 0 aliphatic rings. The molecule has 0 radical (unpaired) electrons. The van der Waals surface area contributed by atoms with Gasteiger partial charge in [-0.1, -0.05) is 13.8 Å². The Kier molecular flexibility index (Phi) is 4.73. The zero-order valence-corrected chi connectivity index (χ0v) is 14.7. The molecule has 2 rings (SSSR count). The van der Waals surface area contributed by atoms with Gasteiger partial charge in [0.05, 0.1) is 21.0 Å². The molecule has 2 aromatic rings. The summed E-state index contributed by atoms with van der Waals surface area (Å²) in [6, 6.07) is -1.57. The molecule has 12 heteroatoms. The van der Waals surface area contributed by atoms with Crippen LogP contribution < -0.4 is 11.3 Å². The Hall–Kier alpha value is -3.02. The van der Waals surface area contributed by atoms with Crippen LogP contribution in [0.4, 0.5) is 5.95 Å². The Morgan fingerprint density at radius 1 is 1.56 bits per heavy atom. The summed E-state index contributed by atoms with van der Waals surface area (Å²) >= 11 is 0. The minimum atomic E-state index is -3.23. The number of likely N-dealkylation sites (N-methyl/N-ethyl adjacent to an activating group) is 1. The number of nitrogens with two attached hydrogens (primary N) is 1. The van der Waals surface area contributed by atoms with Crippen molar-refractivity contribution in [1.82, 2.24) is 24.5 Å². The summed E-state index contributed by atoms with van der Waals surface area (Å²) in [5, 5.41) is 2.52. The van der Waals surface area contributed by atoms with Gasteiger partial charge in [0, 0.05) is 10.6 Å². The fourth-order valence-electron chi connectivity index (χ4n) is 2.31. The third kappa shape index (κ3) is 4.78. The van der Waals surface area contributed by atoms with Crippen molar-refractivity contribution in [2.45, 2.75) is 33.5 Å². The summed E-state index contributed by atoms with van der Waals surface area (Å²) in [7, 11) is 0. The monoisotopic (exact) mass is 386 g/mol. The predicted molar refractivity (Wildman–Crippen MR) is 96.3 cm³/mol. The number of nitroso groups, excluding NO2 is 1. The lowest BCUT2D eigenvalue weighted by atomic mass is 10.0. The van der Waals surface area contributed by atoms with E-state index in [0.29, 0.717) is 0 Å². The summed E-state index contributed by atoms with van der Waals surface area (Å²) in [5.41, 5.74) is 5.26. The first-order valence-electron chi connectivity index (χ1n) is 10.4. The van der Waals surface area contributed by atoms with Crippen molar-refractivity contribution in [3.05, 3.63) is 21.6 Å². The Bertz CT molecular complexity index is 1020. The lowest BCUT2D eigenvalue weighted by molar-refractivity contribution is -0.153. The number of aromatic amines is 1. The van der Waals surface area contributed by atoms with Crippen LogP contribution in [0.5, 0.6) is 0 Å². The van der Waals surface area contributed by atoms with E-state index in [9.17, 15) is 14.5 Å². The van der Waals surface area contributed by atoms with Gasteiger partial charge in [-0.2, -0.15) is 4.98 Å². The van der Waals surface area contributed by atoms with E-state index in [1.807, 2.05) is 0 Å². The molecule has 0 aliphatic carbocycles. The van der Waals surface area contributed by atoms with Crippen LogP contribution in [0.1, 0.15) is 27.6 Å². The van der Waals surface area contributed by atoms with E-state index >= 15 is 0 Å². The molecule has 12 nitrogen and oxygen atoms in total. The molecule has 1 atom stereocenters. The summed E-state index contributed by atoms with van der Waals surface area (Å²) in [6.45, 7) is -3.94. The van der Waals surface area contributed by atoms with Gasteiger partial charge < -0.3 is 15.2 Å². The number of nitrogens with one attached hydrogen (secondary N) is 1. The van der Waals surface area contributed by atoms with E-state index in [1.54, 1.807) is 0 Å². The van der Waals surface area contributed by atoms with Crippen molar-refractivity contribution in [2.24, 2.45) is 11.2 Å². The van der Waals surface area contributed by atoms with E-state index in [0.717, 1.165) is 0 Å². The Morgan fingerprint density at radius 3 is 3.00 bits per heavy atom. The van der Waals surface area contributed by atoms with Crippen molar-refractivity contribution >= 4 is 23.1 Å².